The Labute approximate surface area is 189 Å². The molecular formula is C25H21FN6O. The maximum atomic E-state index is 14.7. The first-order valence-corrected chi connectivity index (χ1v) is 10.6. The maximum absolute atomic E-state index is 14.7. The van der Waals surface area contributed by atoms with Gasteiger partial charge in [0.1, 0.15) is 11.3 Å². The second kappa shape index (κ2) is 8.38. The van der Waals surface area contributed by atoms with Crippen molar-refractivity contribution in [3.63, 3.8) is 0 Å². The van der Waals surface area contributed by atoms with Gasteiger partial charge >= 0.3 is 0 Å². The van der Waals surface area contributed by atoms with Crippen LogP contribution < -0.4 is 5.32 Å². The van der Waals surface area contributed by atoms with E-state index in [2.05, 4.69) is 31.7 Å². The molecule has 1 N–H and O–H groups in total. The smallest absolute Gasteiger partial charge is 0.254 e. The van der Waals surface area contributed by atoms with Crippen LogP contribution in [0.15, 0.2) is 66.9 Å². The van der Waals surface area contributed by atoms with Gasteiger partial charge in [0.25, 0.3) is 5.91 Å². The molecule has 3 heterocycles. The molecule has 0 aliphatic heterocycles. The van der Waals surface area contributed by atoms with Crippen molar-refractivity contribution in [3.05, 3.63) is 83.8 Å². The Morgan fingerprint density at radius 2 is 1.91 bits per heavy atom. The summed E-state index contributed by atoms with van der Waals surface area (Å²) in [7, 11) is 0. The van der Waals surface area contributed by atoms with E-state index in [9.17, 15) is 9.18 Å². The van der Waals surface area contributed by atoms with Crippen LogP contribution in [0.3, 0.4) is 0 Å². The third kappa shape index (κ3) is 4.15. The zero-order valence-electron chi connectivity index (χ0n) is 18.2. The third-order valence-electron chi connectivity index (χ3n) is 5.29. The summed E-state index contributed by atoms with van der Waals surface area (Å²) in [4.78, 5) is 21.2. The van der Waals surface area contributed by atoms with E-state index in [4.69, 9.17) is 0 Å². The lowest BCUT2D eigenvalue weighted by Crippen LogP contribution is -2.30. The van der Waals surface area contributed by atoms with Crippen molar-refractivity contribution in [2.24, 2.45) is 0 Å². The quantitative estimate of drug-likeness (QED) is 0.439. The Kier molecular flexibility index (Phi) is 5.26. The Balaban J connectivity index is 1.46. The second-order valence-electron chi connectivity index (χ2n) is 8.14. The number of halogens is 1. The van der Waals surface area contributed by atoms with E-state index >= 15 is 0 Å². The summed E-state index contributed by atoms with van der Waals surface area (Å²) in [6.45, 7) is 4.14. The van der Waals surface area contributed by atoms with Gasteiger partial charge in [-0.1, -0.05) is 23.4 Å². The van der Waals surface area contributed by atoms with Crippen LogP contribution in [0.5, 0.6) is 0 Å². The van der Waals surface area contributed by atoms with Crippen molar-refractivity contribution in [2.75, 3.05) is 0 Å². The standard InChI is InChI=1S/C25H21FN6O/c1-15(2)28-25(33)19-7-6-18(13-20(19)26)22-9-10-23-24(29-22)32(31-30-23)14-16-5-8-21-17(12-16)4-3-11-27-21/h3-13,15H,14H2,1-2H3,(H,28,33). The first kappa shape index (κ1) is 20.7. The van der Waals surface area contributed by atoms with Crippen LogP contribution in [-0.2, 0) is 6.54 Å². The van der Waals surface area contributed by atoms with Crippen molar-refractivity contribution in [2.45, 2.75) is 26.4 Å². The van der Waals surface area contributed by atoms with Crippen LogP contribution in [0, 0.1) is 5.82 Å². The predicted octanol–water partition coefficient (Wildman–Crippen LogP) is 4.37. The Hall–Kier alpha value is -4.20. The van der Waals surface area contributed by atoms with Gasteiger partial charge in [-0.3, -0.25) is 9.78 Å². The molecule has 0 spiro atoms. The van der Waals surface area contributed by atoms with Gasteiger partial charge in [-0.05, 0) is 61.9 Å². The van der Waals surface area contributed by atoms with E-state index in [1.54, 1.807) is 23.0 Å². The molecule has 1 amide bonds. The number of hydrogen-bond acceptors (Lipinski definition) is 5. The van der Waals surface area contributed by atoms with Crippen LogP contribution in [0.25, 0.3) is 33.3 Å². The maximum Gasteiger partial charge on any atom is 0.254 e. The number of carbonyl (C=O) groups excluding carboxylic acids is 1. The molecule has 0 fully saturated rings. The molecule has 2 aromatic carbocycles. The summed E-state index contributed by atoms with van der Waals surface area (Å²) in [5.74, 6) is -1.03. The summed E-state index contributed by atoms with van der Waals surface area (Å²) >= 11 is 0. The van der Waals surface area contributed by atoms with Gasteiger partial charge in [0.2, 0.25) is 0 Å². The molecule has 0 atom stereocenters. The summed E-state index contributed by atoms with van der Waals surface area (Å²) in [5.41, 5.74) is 4.36. The van der Waals surface area contributed by atoms with Crippen molar-refractivity contribution in [3.8, 4) is 11.3 Å². The highest BCUT2D eigenvalue weighted by Gasteiger charge is 2.15. The summed E-state index contributed by atoms with van der Waals surface area (Å²) in [6.07, 6.45) is 1.77. The van der Waals surface area contributed by atoms with Crippen LogP contribution in [0.4, 0.5) is 4.39 Å². The van der Waals surface area contributed by atoms with E-state index in [1.165, 1.54) is 12.1 Å². The van der Waals surface area contributed by atoms with Crippen molar-refractivity contribution >= 4 is 28.0 Å². The Morgan fingerprint density at radius 1 is 1.06 bits per heavy atom. The van der Waals surface area contributed by atoms with E-state index in [0.29, 0.717) is 29.0 Å². The van der Waals surface area contributed by atoms with Crippen molar-refractivity contribution in [1.82, 2.24) is 30.3 Å². The first-order chi connectivity index (χ1) is 16.0. The number of fused-ring (bicyclic) bond motifs is 2. The molecule has 0 saturated heterocycles. The van der Waals surface area contributed by atoms with Crippen LogP contribution >= 0.6 is 0 Å². The number of aromatic nitrogens is 5. The largest absolute Gasteiger partial charge is 0.350 e. The molecule has 0 bridgehead atoms. The number of benzene rings is 2. The summed E-state index contributed by atoms with van der Waals surface area (Å²) < 4.78 is 16.4. The van der Waals surface area contributed by atoms with E-state index in [0.717, 1.165) is 16.5 Å². The molecule has 0 aliphatic carbocycles. The lowest BCUT2D eigenvalue weighted by molar-refractivity contribution is 0.0939. The van der Waals surface area contributed by atoms with Crippen molar-refractivity contribution in [1.29, 1.82) is 0 Å². The van der Waals surface area contributed by atoms with Gasteiger partial charge in [0.15, 0.2) is 5.65 Å². The van der Waals surface area contributed by atoms with Gasteiger partial charge in [0.05, 0.1) is 23.3 Å². The minimum atomic E-state index is -0.594. The lowest BCUT2D eigenvalue weighted by atomic mass is 10.1. The fourth-order valence-corrected chi connectivity index (χ4v) is 3.72. The first-order valence-electron chi connectivity index (χ1n) is 10.6. The number of nitrogens with one attached hydrogen (secondary N) is 1. The van der Waals surface area contributed by atoms with Crippen LogP contribution in [0.2, 0.25) is 0 Å². The highest BCUT2D eigenvalue weighted by molar-refractivity contribution is 5.95. The average molecular weight is 440 g/mol. The molecule has 5 aromatic rings. The molecule has 0 unspecified atom stereocenters. The Morgan fingerprint density at radius 3 is 2.73 bits per heavy atom. The van der Waals surface area contributed by atoms with Crippen LogP contribution in [-0.4, -0.2) is 36.9 Å². The zero-order chi connectivity index (χ0) is 22.9. The number of amides is 1. The van der Waals surface area contributed by atoms with Gasteiger partial charge in [-0.15, -0.1) is 5.10 Å². The monoisotopic (exact) mass is 440 g/mol. The number of hydrogen-bond donors (Lipinski definition) is 1. The molecule has 0 radical (unpaired) electrons. The van der Waals surface area contributed by atoms with Gasteiger partial charge in [-0.25, -0.2) is 14.1 Å². The van der Waals surface area contributed by atoms with Gasteiger partial charge in [0, 0.05) is 23.2 Å². The topological polar surface area (TPSA) is 85.6 Å². The predicted molar refractivity (Wildman–Crippen MR) is 124 cm³/mol. The number of nitrogens with zero attached hydrogens (tertiary/aromatic N) is 5. The molecule has 8 heteroatoms. The minimum absolute atomic E-state index is 0.00558. The fraction of sp³-hybridized carbons (Fsp3) is 0.160. The highest BCUT2D eigenvalue weighted by atomic mass is 19.1. The molecule has 164 valence electrons. The normalized spacial score (nSPS) is 11.4. The molecule has 33 heavy (non-hydrogen) atoms. The highest BCUT2D eigenvalue weighted by Crippen LogP contribution is 2.23. The minimum Gasteiger partial charge on any atom is -0.350 e. The average Bonchev–Trinajstić information content (AvgIpc) is 3.20. The summed E-state index contributed by atoms with van der Waals surface area (Å²) in [6, 6.07) is 18.0. The lowest BCUT2D eigenvalue weighted by Gasteiger charge is -2.10. The number of pyridine rings is 2. The van der Waals surface area contributed by atoms with Crippen molar-refractivity contribution < 1.29 is 9.18 Å². The summed E-state index contributed by atoms with van der Waals surface area (Å²) in [5, 5.41) is 12.2. The third-order valence-corrected chi connectivity index (χ3v) is 5.29. The Bertz CT molecular complexity index is 1490. The molecule has 3 aromatic heterocycles. The van der Waals surface area contributed by atoms with Crippen LogP contribution in [0.1, 0.15) is 29.8 Å². The van der Waals surface area contributed by atoms with Gasteiger partial charge in [-0.2, -0.15) is 0 Å². The zero-order valence-corrected chi connectivity index (χ0v) is 18.2. The number of carbonyl (C=O) groups is 1. The van der Waals surface area contributed by atoms with E-state index in [1.807, 2.05) is 44.2 Å². The molecule has 0 saturated carbocycles. The number of rotatable bonds is 5. The van der Waals surface area contributed by atoms with Gasteiger partial charge < -0.3 is 5.32 Å². The van der Waals surface area contributed by atoms with E-state index < -0.39 is 11.7 Å². The molecular weight excluding hydrogens is 419 g/mol. The second-order valence-corrected chi connectivity index (χ2v) is 8.14. The SMILES string of the molecule is CC(C)NC(=O)c1ccc(-c2ccc3nnn(Cc4ccc5ncccc5c4)c3n2)cc1F. The molecule has 7 nitrogen and oxygen atoms in total. The molecule has 0 aliphatic rings. The van der Waals surface area contributed by atoms with E-state index in [-0.39, 0.29) is 11.6 Å². The molecule has 5 rings (SSSR count). The fourth-order valence-electron chi connectivity index (χ4n) is 3.72.